The maximum atomic E-state index is 2.43. The lowest BCUT2D eigenvalue weighted by atomic mass is 9.63. The van der Waals surface area contributed by atoms with Gasteiger partial charge < -0.3 is 0 Å². The van der Waals surface area contributed by atoms with Gasteiger partial charge in [0.05, 0.1) is 0 Å². The Morgan fingerprint density at radius 3 is 1.37 bits per heavy atom. The zero-order valence-corrected chi connectivity index (χ0v) is 20.2. The summed E-state index contributed by atoms with van der Waals surface area (Å²) in [6.07, 6.45) is 29.0. The van der Waals surface area contributed by atoms with E-state index in [9.17, 15) is 0 Å². The van der Waals surface area contributed by atoms with Crippen LogP contribution in [0.3, 0.4) is 0 Å². The molecule has 1 atom stereocenters. The Labute approximate surface area is 174 Å². The van der Waals surface area contributed by atoms with Gasteiger partial charge in [-0.25, -0.2) is 0 Å². The lowest BCUT2D eigenvalue weighted by molar-refractivity contribution is 0.0840. The zero-order chi connectivity index (χ0) is 20.2. The molecule has 0 heteroatoms. The van der Waals surface area contributed by atoms with Crippen molar-refractivity contribution in [1.29, 1.82) is 0 Å². The van der Waals surface area contributed by atoms with Crippen LogP contribution in [0.1, 0.15) is 163 Å². The van der Waals surface area contributed by atoms with Crippen molar-refractivity contribution < 1.29 is 0 Å². The fraction of sp³-hybridized carbons (Fsp3) is 1.00. The average molecular weight is 381 g/mol. The molecule has 0 bridgehead atoms. The van der Waals surface area contributed by atoms with Crippen LogP contribution >= 0.6 is 0 Å². The van der Waals surface area contributed by atoms with Crippen molar-refractivity contribution in [2.24, 2.45) is 11.3 Å². The second kappa shape index (κ2) is 19.3. The predicted molar refractivity (Wildman–Crippen MR) is 127 cm³/mol. The molecule has 0 radical (unpaired) electrons. The highest BCUT2D eigenvalue weighted by molar-refractivity contribution is 4.87. The molecule has 1 unspecified atom stereocenters. The predicted octanol–water partition coefficient (Wildman–Crippen LogP) is 10.5. The smallest absolute Gasteiger partial charge is 0.0269 e. The summed E-state index contributed by atoms with van der Waals surface area (Å²) in [5.41, 5.74) is 0.666. The molecule has 0 aromatic carbocycles. The minimum atomic E-state index is 0.666. The third-order valence-electron chi connectivity index (χ3n) is 6.99. The van der Waals surface area contributed by atoms with Crippen molar-refractivity contribution in [2.75, 3.05) is 0 Å². The molecule has 0 spiro atoms. The van der Waals surface area contributed by atoms with Crippen LogP contribution < -0.4 is 0 Å². The summed E-state index contributed by atoms with van der Waals surface area (Å²) in [5.74, 6) is 0.994. The zero-order valence-electron chi connectivity index (χ0n) is 20.2. The highest BCUT2D eigenvalue weighted by atomic mass is 14.4. The minimum Gasteiger partial charge on any atom is -0.0654 e. The molecular weight excluding hydrogens is 324 g/mol. The van der Waals surface area contributed by atoms with Gasteiger partial charge in [0.1, 0.15) is 0 Å². The Bertz CT molecular complexity index is 270. The molecule has 0 rings (SSSR count). The van der Waals surface area contributed by atoms with Crippen molar-refractivity contribution in [3.05, 3.63) is 0 Å². The molecule has 27 heavy (non-hydrogen) atoms. The Balaban J connectivity index is 5.01. The van der Waals surface area contributed by atoms with Crippen molar-refractivity contribution in [1.82, 2.24) is 0 Å². The van der Waals surface area contributed by atoms with Crippen molar-refractivity contribution in [3.63, 3.8) is 0 Å². The minimum absolute atomic E-state index is 0.666. The lowest BCUT2D eigenvalue weighted by Gasteiger charge is -2.42. The highest BCUT2D eigenvalue weighted by Gasteiger charge is 2.36. The monoisotopic (exact) mass is 380 g/mol. The van der Waals surface area contributed by atoms with Crippen LogP contribution in [0, 0.1) is 11.3 Å². The molecule has 0 aromatic heterocycles. The standard InChI is InChI=1S/C27H56/c1-6-11-15-16-17-18-22-26(21-10-5)27(23-14-9-4,24-19-12-7-2)25-20-13-8-3/h26H,6-25H2,1-5H3. The summed E-state index contributed by atoms with van der Waals surface area (Å²) in [4.78, 5) is 0. The van der Waals surface area contributed by atoms with E-state index in [0.717, 1.165) is 5.92 Å². The molecule has 0 saturated carbocycles. The first-order chi connectivity index (χ1) is 13.2. The Morgan fingerprint density at radius 2 is 0.852 bits per heavy atom. The number of unbranched alkanes of at least 4 members (excludes halogenated alkanes) is 10. The third-order valence-corrected chi connectivity index (χ3v) is 6.99. The molecule has 0 heterocycles. The van der Waals surface area contributed by atoms with Crippen LogP contribution in [0.25, 0.3) is 0 Å². The maximum absolute atomic E-state index is 2.43. The highest BCUT2D eigenvalue weighted by Crippen LogP contribution is 2.47. The number of hydrogen-bond donors (Lipinski definition) is 0. The van der Waals surface area contributed by atoms with Gasteiger partial charge in [0, 0.05) is 0 Å². The average Bonchev–Trinajstić information content (AvgIpc) is 2.68. The summed E-state index contributed by atoms with van der Waals surface area (Å²) < 4.78 is 0. The van der Waals surface area contributed by atoms with E-state index in [1.807, 2.05) is 0 Å². The van der Waals surface area contributed by atoms with E-state index >= 15 is 0 Å². The third kappa shape index (κ3) is 13.0. The molecule has 0 N–H and O–H groups in total. The van der Waals surface area contributed by atoms with Gasteiger partial charge in [-0.2, -0.15) is 0 Å². The van der Waals surface area contributed by atoms with E-state index in [4.69, 9.17) is 0 Å². The summed E-state index contributed by atoms with van der Waals surface area (Å²) >= 11 is 0. The van der Waals surface area contributed by atoms with E-state index in [1.165, 1.54) is 128 Å². The van der Waals surface area contributed by atoms with E-state index < -0.39 is 0 Å². The molecule has 0 amide bonds. The SMILES string of the molecule is CCCCCCCCC(CCC)C(CCCC)(CCCCC)CCCCC. The summed E-state index contributed by atoms with van der Waals surface area (Å²) in [6, 6.07) is 0. The molecule has 164 valence electrons. The van der Waals surface area contributed by atoms with E-state index in [2.05, 4.69) is 34.6 Å². The van der Waals surface area contributed by atoms with Gasteiger partial charge in [-0.1, -0.05) is 137 Å². The number of hydrogen-bond acceptors (Lipinski definition) is 0. The van der Waals surface area contributed by atoms with Crippen LogP contribution in [0.2, 0.25) is 0 Å². The fourth-order valence-electron chi connectivity index (χ4n) is 5.25. The molecule has 0 aromatic rings. The Hall–Kier alpha value is 0. The normalized spacial score (nSPS) is 13.2. The van der Waals surface area contributed by atoms with Gasteiger partial charge in [-0.3, -0.25) is 0 Å². The van der Waals surface area contributed by atoms with Crippen LogP contribution in [0.15, 0.2) is 0 Å². The molecule has 0 saturated heterocycles. The molecule has 0 aliphatic carbocycles. The van der Waals surface area contributed by atoms with Gasteiger partial charge in [0.15, 0.2) is 0 Å². The van der Waals surface area contributed by atoms with E-state index in [0.29, 0.717) is 5.41 Å². The topological polar surface area (TPSA) is 0 Å². The maximum Gasteiger partial charge on any atom is -0.0269 e. The molecule has 0 aliphatic rings. The Morgan fingerprint density at radius 1 is 0.407 bits per heavy atom. The summed E-state index contributed by atoms with van der Waals surface area (Å²) in [6.45, 7) is 11.9. The van der Waals surface area contributed by atoms with Gasteiger partial charge in [0.25, 0.3) is 0 Å². The lowest BCUT2D eigenvalue weighted by Crippen LogP contribution is -2.31. The van der Waals surface area contributed by atoms with Gasteiger partial charge in [-0.15, -0.1) is 0 Å². The first-order valence-electron chi connectivity index (χ1n) is 13.2. The first-order valence-corrected chi connectivity index (χ1v) is 13.2. The van der Waals surface area contributed by atoms with Gasteiger partial charge >= 0.3 is 0 Å². The van der Waals surface area contributed by atoms with Gasteiger partial charge in [-0.05, 0) is 37.0 Å². The van der Waals surface area contributed by atoms with Crippen LogP contribution in [0.4, 0.5) is 0 Å². The van der Waals surface area contributed by atoms with Crippen molar-refractivity contribution in [3.8, 4) is 0 Å². The van der Waals surface area contributed by atoms with Crippen molar-refractivity contribution >= 4 is 0 Å². The van der Waals surface area contributed by atoms with E-state index in [1.54, 1.807) is 0 Å². The Kier molecular flexibility index (Phi) is 19.3. The summed E-state index contributed by atoms with van der Waals surface area (Å²) in [7, 11) is 0. The summed E-state index contributed by atoms with van der Waals surface area (Å²) in [5, 5.41) is 0. The molecular formula is C27H56. The van der Waals surface area contributed by atoms with Crippen LogP contribution in [-0.2, 0) is 0 Å². The molecule has 0 fully saturated rings. The second-order valence-electron chi connectivity index (χ2n) is 9.42. The van der Waals surface area contributed by atoms with Gasteiger partial charge in [0.2, 0.25) is 0 Å². The molecule has 0 aliphatic heterocycles. The van der Waals surface area contributed by atoms with Crippen LogP contribution in [0.5, 0.6) is 0 Å². The van der Waals surface area contributed by atoms with Crippen molar-refractivity contribution in [2.45, 2.75) is 163 Å². The second-order valence-corrected chi connectivity index (χ2v) is 9.42. The first kappa shape index (κ1) is 27.0. The van der Waals surface area contributed by atoms with E-state index in [-0.39, 0.29) is 0 Å². The van der Waals surface area contributed by atoms with Crippen LogP contribution in [-0.4, -0.2) is 0 Å². The number of rotatable bonds is 21. The largest absolute Gasteiger partial charge is 0.0654 e. The molecule has 0 nitrogen and oxygen atoms in total. The quantitative estimate of drug-likeness (QED) is 0.174. The fourth-order valence-corrected chi connectivity index (χ4v) is 5.25.